The van der Waals surface area contributed by atoms with Gasteiger partial charge >= 0.3 is 0 Å². The fourth-order valence-electron chi connectivity index (χ4n) is 3.62. The van der Waals surface area contributed by atoms with Gasteiger partial charge in [-0.2, -0.15) is 0 Å². The van der Waals surface area contributed by atoms with Crippen molar-refractivity contribution >= 4 is 5.91 Å². The van der Waals surface area contributed by atoms with Crippen molar-refractivity contribution in [3.05, 3.63) is 64.2 Å². The molecule has 31 heavy (non-hydrogen) atoms. The molecule has 3 rings (SSSR count). The first kappa shape index (κ1) is 22.8. The molecule has 2 aromatic rings. The molecular formula is C24H27NO6. The number of rotatable bonds is 4. The third-order valence-corrected chi connectivity index (χ3v) is 5.21. The molecule has 0 saturated carbocycles. The number of aliphatic hydroxyl groups is 3. The van der Waals surface area contributed by atoms with E-state index in [1.54, 1.807) is 37.4 Å². The summed E-state index contributed by atoms with van der Waals surface area (Å²) >= 11 is 0. The summed E-state index contributed by atoms with van der Waals surface area (Å²) < 4.78 is 11.2. The van der Waals surface area contributed by atoms with Gasteiger partial charge in [-0.15, -0.1) is 0 Å². The number of aliphatic hydroxyl groups excluding tert-OH is 3. The highest BCUT2D eigenvalue weighted by atomic mass is 16.5. The number of nitrogens with one attached hydrogen (secondary N) is 1. The van der Waals surface area contributed by atoms with Gasteiger partial charge in [-0.25, -0.2) is 0 Å². The fraction of sp³-hybridized carbons (Fsp3) is 0.375. The molecule has 3 unspecified atom stereocenters. The molecule has 0 aromatic heterocycles. The quantitative estimate of drug-likeness (QED) is 0.550. The molecule has 0 spiro atoms. The van der Waals surface area contributed by atoms with E-state index in [-0.39, 0.29) is 18.9 Å². The van der Waals surface area contributed by atoms with Crippen LogP contribution in [0.5, 0.6) is 5.75 Å². The Hall–Kier alpha value is -2.89. The smallest absolute Gasteiger partial charge is 0.251 e. The van der Waals surface area contributed by atoms with Crippen LogP contribution in [0, 0.1) is 18.8 Å². The lowest BCUT2D eigenvalue weighted by Crippen LogP contribution is -2.44. The lowest BCUT2D eigenvalue weighted by atomic mass is 9.92. The molecule has 1 saturated heterocycles. The minimum Gasteiger partial charge on any atom is -0.495 e. The summed E-state index contributed by atoms with van der Waals surface area (Å²) in [6.45, 7) is 1.65. The maximum absolute atomic E-state index is 12.0. The lowest BCUT2D eigenvalue weighted by Gasteiger charge is -2.36. The Morgan fingerprint density at radius 1 is 1.23 bits per heavy atom. The molecule has 1 aliphatic rings. The van der Waals surface area contributed by atoms with E-state index in [0.29, 0.717) is 28.0 Å². The highest BCUT2D eigenvalue weighted by Gasteiger charge is 2.37. The molecule has 7 nitrogen and oxygen atoms in total. The van der Waals surface area contributed by atoms with Crippen LogP contribution < -0.4 is 10.1 Å². The Kier molecular flexibility index (Phi) is 7.31. The predicted molar refractivity (Wildman–Crippen MR) is 115 cm³/mol. The van der Waals surface area contributed by atoms with Gasteiger partial charge in [0.25, 0.3) is 5.91 Å². The van der Waals surface area contributed by atoms with Crippen molar-refractivity contribution in [2.45, 2.75) is 37.8 Å². The van der Waals surface area contributed by atoms with Crippen LogP contribution in [0.4, 0.5) is 0 Å². The molecular weight excluding hydrogens is 398 g/mol. The number of carbonyl (C=O) groups excluding carboxylic acids is 1. The zero-order valence-electron chi connectivity index (χ0n) is 17.8. The van der Waals surface area contributed by atoms with Crippen LogP contribution >= 0.6 is 0 Å². The van der Waals surface area contributed by atoms with Crippen molar-refractivity contribution in [2.24, 2.45) is 0 Å². The molecule has 0 bridgehead atoms. The monoisotopic (exact) mass is 425 g/mol. The molecule has 4 N–H and O–H groups in total. The van der Waals surface area contributed by atoms with Crippen LogP contribution in [-0.2, 0) is 4.74 Å². The van der Waals surface area contributed by atoms with Crippen LogP contribution in [0.1, 0.15) is 45.1 Å². The largest absolute Gasteiger partial charge is 0.495 e. The summed E-state index contributed by atoms with van der Waals surface area (Å²) in [4.78, 5) is 12.0. The second-order valence-corrected chi connectivity index (χ2v) is 7.53. The summed E-state index contributed by atoms with van der Waals surface area (Å²) in [6.07, 6.45) is -3.31. The minimum atomic E-state index is -1.12. The van der Waals surface area contributed by atoms with E-state index in [9.17, 15) is 20.1 Å². The number of hydrogen-bond acceptors (Lipinski definition) is 6. The average molecular weight is 425 g/mol. The molecule has 4 atom stereocenters. The van der Waals surface area contributed by atoms with Crippen LogP contribution in [0.15, 0.2) is 36.4 Å². The molecule has 7 heteroatoms. The van der Waals surface area contributed by atoms with Crippen molar-refractivity contribution in [1.29, 1.82) is 0 Å². The number of amides is 1. The maximum Gasteiger partial charge on any atom is 0.251 e. The molecule has 164 valence electrons. The van der Waals surface area contributed by atoms with Gasteiger partial charge in [0.05, 0.1) is 31.5 Å². The first-order chi connectivity index (χ1) is 14.9. The highest BCUT2D eigenvalue weighted by molar-refractivity contribution is 5.94. The van der Waals surface area contributed by atoms with Crippen molar-refractivity contribution < 1.29 is 29.6 Å². The second-order valence-electron chi connectivity index (χ2n) is 7.53. The van der Waals surface area contributed by atoms with Gasteiger partial charge in [-0.05, 0) is 48.4 Å². The fourth-order valence-corrected chi connectivity index (χ4v) is 3.62. The topological polar surface area (TPSA) is 108 Å². The number of ether oxygens (including phenoxy) is 2. The second kappa shape index (κ2) is 9.94. The maximum atomic E-state index is 12.0. The number of hydrogen-bond donors (Lipinski definition) is 4. The minimum absolute atomic E-state index is 0.165. The summed E-state index contributed by atoms with van der Waals surface area (Å²) in [5.74, 6) is 6.48. The van der Waals surface area contributed by atoms with Crippen LogP contribution in [0.3, 0.4) is 0 Å². The zero-order valence-corrected chi connectivity index (χ0v) is 17.8. The van der Waals surface area contributed by atoms with Crippen LogP contribution in [-0.4, -0.2) is 60.3 Å². The van der Waals surface area contributed by atoms with E-state index in [4.69, 9.17) is 9.47 Å². The van der Waals surface area contributed by atoms with Gasteiger partial charge in [0.1, 0.15) is 18.0 Å². The number of methoxy groups -OCH3 is 1. The Bertz CT molecular complexity index is 1010. The van der Waals surface area contributed by atoms with Crippen molar-refractivity contribution in [3.8, 4) is 17.6 Å². The van der Waals surface area contributed by atoms with Crippen LogP contribution in [0.25, 0.3) is 0 Å². The van der Waals surface area contributed by atoms with Gasteiger partial charge in [-0.3, -0.25) is 4.79 Å². The van der Waals surface area contributed by atoms with E-state index in [0.717, 1.165) is 5.56 Å². The third-order valence-electron chi connectivity index (χ3n) is 5.21. The van der Waals surface area contributed by atoms with E-state index in [2.05, 4.69) is 17.2 Å². The Morgan fingerprint density at radius 2 is 2.00 bits per heavy atom. The van der Waals surface area contributed by atoms with E-state index in [1.165, 1.54) is 7.11 Å². The lowest BCUT2D eigenvalue weighted by molar-refractivity contribution is -0.179. The first-order valence-electron chi connectivity index (χ1n) is 10.0. The Morgan fingerprint density at radius 3 is 2.68 bits per heavy atom. The van der Waals surface area contributed by atoms with E-state index < -0.39 is 24.4 Å². The molecule has 1 fully saturated rings. The number of carbonyl (C=O) groups is 1. The molecule has 0 aliphatic carbocycles. The third kappa shape index (κ3) is 5.24. The highest BCUT2D eigenvalue weighted by Crippen LogP contribution is 2.34. The first-order valence-corrected chi connectivity index (χ1v) is 10.0. The van der Waals surface area contributed by atoms with Crippen LogP contribution in [0.2, 0.25) is 0 Å². The molecule has 1 amide bonds. The summed E-state index contributed by atoms with van der Waals surface area (Å²) in [5.41, 5.74) is 3.30. The predicted octanol–water partition coefficient (Wildman–Crippen LogP) is 1.31. The summed E-state index contributed by atoms with van der Waals surface area (Å²) in [5, 5.41) is 32.6. The number of aryl methyl sites for hydroxylation is 1. The Balaban J connectivity index is 1.96. The average Bonchev–Trinajstić information content (AvgIpc) is 2.78. The van der Waals surface area contributed by atoms with Gasteiger partial charge < -0.3 is 30.1 Å². The molecule has 0 radical (unpaired) electrons. The normalized spacial score (nSPS) is 22.9. The SMILES string of the molecule is CNC(=O)c1cc(C)cc(C#Cc2cc([C@H]3OC(CO)CC(O)C3O)ccc2OC)c1. The zero-order chi connectivity index (χ0) is 22.5. The molecule has 1 heterocycles. The van der Waals surface area contributed by atoms with E-state index in [1.807, 2.05) is 13.0 Å². The van der Waals surface area contributed by atoms with Gasteiger partial charge in [0.2, 0.25) is 0 Å². The van der Waals surface area contributed by atoms with Crippen molar-refractivity contribution in [2.75, 3.05) is 20.8 Å². The molecule has 2 aromatic carbocycles. The van der Waals surface area contributed by atoms with Gasteiger partial charge in [0.15, 0.2) is 0 Å². The van der Waals surface area contributed by atoms with Gasteiger partial charge in [0, 0.05) is 24.6 Å². The van der Waals surface area contributed by atoms with Crippen molar-refractivity contribution in [1.82, 2.24) is 5.32 Å². The van der Waals surface area contributed by atoms with Gasteiger partial charge in [-0.1, -0.05) is 17.9 Å². The summed E-state index contributed by atoms with van der Waals surface area (Å²) in [6, 6.07) is 10.6. The van der Waals surface area contributed by atoms with Crippen molar-refractivity contribution in [3.63, 3.8) is 0 Å². The number of benzene rings is 2. The summed E-state index contributed by atoms with van der Waals surface area (Å²) in [7, 11) is 3.11. The standard InChI is InChI=1S/C24H27NO6/c1-14-8-15(10-18(9-14)24(29)25-2)4-5-16-11-17(6-7-21(16)30-3)23-22(28)20(27)12-19(13-26)31-23/h6-11,19-20,22-23,26-28H,12-13H2,1-3H3,(H,25,29)/t19?,20?,22?,23-/m1/s1. The Labute approximate surface area is 181 Å². The van der Waals surface area contributed by atoms with E-state index >= 15 is 0 Å². The molecule has 1 aliphatic heterocycles.